The highest BCUT2D eigenvalue weighted by Crippen LogP contribution is 2.24. The van der Waals surface area contributed by atoms with E-state index in [0.717, 1.165) is 5.56 Å². The second-order valence-corrected chi connectivity index (χ2v) is 9.18. The molecule has 1 saturated heterocycles. The van der Waals surface area contributed by atoms with Gasteiger partial charge in [-0.25, -0.2) is 8.42 Å². The molecule has 0 unspecified atom stereocenters. The van der Waals surface area contributed by atoms with Gasteiger partial charge in [0.25, 0.3) is 11.8 Å². The van der Waals surface area contributed by atoms with Crippen molar-refractivity contribution in [3.05, 3.63) is 64.2 Å². The largest absolute Gasteiger partial charge is 0.296 e. The van der Waals surface area contributed by atoms with Crippen LogP contribution in [0.1, 0.15) is 26.3 Å². The number of hydrogen-bond donors (Lipinski definition) is 1. The van der Waals surface area contributed by atoms with Gasteiger partial charge < -0.3 is 0 Å². The van der Waals surface area contributed by atoms with Gasteiger partial charge in [-0.1, -0.05) is 23.7 Å². The molecule has 0 saturated carbocycles. The third kappa shape index (κ3) is 3.56. The molecule has 2 aromatic rings. The summed E-state index contributed by atoms with van der Waals surface area (Å²) in [6.07, 6.45) is 0. The molecule has 4 rings (SSSR count). The van der Waals surface area contributed by atoms with E-state index in [4.69, 9.17) is 11.6 Å². The lowest BCUT2D eigenvalue weighted by molar-refractivity contribution is 0.0879. The standard InChI is InChI=1S/C19H18ClN3O4S/c20-14-3-1-2-13(10-14)12-22-6-8-23(9-7-22)28(26,27)15-4-5-16-17(11-15)19(25)21-18(16)24/h1-5,10-11H,6-9,12H2,(H,21,24,25). The summed E-state index contributed by atoms with van der Waals surface area (Å²) in [5.74, 6) is -1.07. The zero-order chi connectivity index (χ0) is 19.9. The SMILES string of the molecule is O=C1NC(=O)c2cc(S(=O)(=O)N3CCN(Cc4cccc(Cl)c4)CC3)ccc21. The molecule has 2 aliphatic heterocycles. The molecule has 0 bridgehead atoms. The van der Waals surface area contributed by atoms with Crippen LogP contribution in [-0.2, 0) is 16.6 Å². The lowest BCUT2D eigenvalue weighted by Crippen LogP contribution is -2.48. The molecular weight excluding hydrogens is 402 g/mol. The van der Waals surface area contributed by atoms with Crippen LogP contribution in [0.4, 0.5) is 0 Å². The molecule has 0 atom stereocenters. The van der Waals surface area contributed by atoms with Gasteiger partial charge in [-0.3, -0.25) is 19.8 Å². The smallest absolute Gasteiger partial charge is 0.258 e. The number of halogens is 1. The molecule has 0 aromatic heterocycles. The Hall–Kier alpha value is -2.26. The average molecular weight is 420 g/mol. The molecule has 0 spiro atoms. The summed E-state index contributed by atoms with van der Waals surface area (Å²) < 4.78 is 27.3. The number of carbonyl (C=O) groups excluding carboxylic acids is 2. The number of imide groups is 1. The molecule has 146 valence electrons. The number of nitrogens with one attached hydrogen (secondary N) is 1. The van der Waals surface area contributed by atoms with Crippen molar-refractivity contribution in [2.75, 3.05) is 26.2 Å². The highest BCUT2D eigenvalue weighted by molar-refractivity contribution is 7.89. The fraction of sp³-hybridized carbons (Fsp3) is 0.263. The first-order valence-corrected chi connectivity index (χ1v) is 10.6. The Balaban J connectivity index is 1.46. The fourth-order valence-corrected chi connectivity index (χ4v) is 5.14. The van der Waals surface area contributed by atoms with Crippen molar-refractivity contribution in [1.29, 1.82) is 0 Å². The van der Waals surface area contributed by atoms with Gasteiger partial charge in [0.2, 0.25) is 10.0 Å². The first kappa shape index (κ1) is 19.1. The van der Waals surface area contributed by atoms with Crippen molar-refractivity contribution >= 4 is 33.4 Å². The molecule has 0 aliphatic carbocycles. The van der Waals surface area contributed by atoms with Crippen LogP contribution in [0.2, 0.25) is 5.02 Å². The van der Waals surface area contributed by atoms with Crippen molar-refractivity contribution in [3.63, 3.8) is 0 Å². The Morgan fingerprint density at radius 1 is 0.929 bits per heavy atom. The van der Waals surface area contributed by atoms with Crippen LogP contribution >= 0.6 is 11.6 Å². The number of carbonyl (C=O) groups is 2. The summed E-state index contributed by atoms with van der Waals surface area (Å²) in [6.45, 7) is 2.59. The quantitative estimate of drug-likeness (QED) is 0.762. The van der Waals surface area contributed by atoms with Gasteiger partial charge in [0, 0.05) is 37.7 Å². The predicted octanol–water partition coefficient (Wildman–Crippen LogP) is 1.73. The Labute approximate surface area is 167 Å². The molecule has 0 radical (unpaired) electrons. The third-order valence-corrected chi connectivity index (χ3v) is 7.10. The lowest BCUT2D eigenvalue weighted by Gasteiger charge is -2.34. The van der Waals surface area contributed by atoms with E-state index in [0.29, 0.717) is 37.7 Å². The van der Waals surface area contributed by atoms with Gasteiger partial charge in [-0.2, -0.15) is 4.31 Å². The number of nitrogens with zero attached hydrogens (tertiary/aromatic N) is 2. The zero-order valence-corrected chi connectivity index (χ0v) is 16.5. The van der Waals surface area contributed by atoms with Gasteiger partial charge in [0.05, 0.1) is 16.0 Å². The van der Waals surface area contributed by atoms with Crippen LogP contribution in [0, 0.1) is 0 Å². The molecule has 9 heteroatoms. The molecule has 28 heavy (non-hydrogen) atoms. The minimum Gasteiger partial charge on any atom is -0.296 e. The van der Waals surface area contributed by atoms with E-state index in [9.17, 15) is 18.0 Å². The van der Waals surface area contributed by atoms with Gasteiger partial charge in [0.15, 0.2) is 0 Å². The number of fused-ring (bicyclic) bond motifs is 1. The maximum atomic E-state index is 13.0. The van der Waals surface area contributed by atoms with Crippen LogP contribution in [-0.4, -0.2) is 55.6 Å². The normalized spacial score (nSPS) is 18.2. The number of piperazine rings is 1. The molecule has 2 aliphatic rings. The Morgan fingerprint density at radius 3 is 2.36 bits per heavy atom. The highest BCUT2D eigenvalue weighted by atomic mass is 35.5. The first-order chi connectivity index (χ1) is 13.3. The number of hydrogen-bond acceptors (Lipinski definition) is 5. The van der Waals surface area contributed by atoms with E-state index >= 15 is 0 Å². The molecule has 1 fully saturated rings. The van der Waals surface area contributed by atoms with Crippen LogP contribution in [0.25, 0.3) is 0 Å². The van der Waals surface area contributed by atoms with Gasteiger partial charge in [-0.05, 0) is 35.9 Å². The topological polar surface area (TPSA) is 86.8 Å². The molecular formula is C19H18ClN3O4S. The Morgan fingerprint density at radius 2 is 1.64 bits per heavy atom. The summed E-state index contributed by atoms with van der Waals surface area (Å²) in [6, 6.07) is 11.7. The van der Waals surface area contributed by atoms with Crippen molar-refractivity contribution < 1.29 is 18.0 Å². The van der Waals surface area contributed by atoms with Crippen LogP contribution in [0.5, 0.6) is 0 Å². The summed E-state index contributed by atoms with van der Waals surface area (Å²) in [5.41, 5.74) is 1.39. The van der Waals surface area contributed by atoms with Crippen LogP contribution in [0.3, 0.4) is 0 Å². The Bertz CT molecular complexity index is 1060. The van der Waals surface area contributed by atoms with Gasteiger partial charge in [-0.15, -0.1) is 0 Å². The minimum absolute atomic E-state index is 0.0272. The van der Waals surface area contributed by atoms with E-state index in [1.165, 1.54) is 22.5 Å². The van der Waals surface area contributed by atoms with E-state index in [2.05, 4.69) is 10.2 Å². The van der Waals surface area contributed by atoms with E-state index in [-0.39, 0.29) is 16.0 Å². The molecule has 1 N–H and O–H groups in total. The summed E-state index contributed by atoms with van der Waals surface area (Å²) in [5, 5.41) is 2.85. The average Bonchev–Trinajstić information content (AvgIpc) is 2.96. The number of rotatable bonds is 4. The number of sulfonamides is 1. The molecule has 2 aromatic carbocycles. The van der Waals surface area contributed by atoms with E-state index in [1.54, 1.807) is 0 Å². The maximum absolute atomic E-state index is 13.0. The summed E-state index contributed by atoms with van der Waals surface area (Å²) in [7, 11) is -3.73. The van der Waals surface area contributed by atoms with Crippen LogP contribution in [0.15, 0.2) is 47.4 Å². The number of benzene rings is 2. The number of amides is 2. The lowest BCUT2D eigenvalue weighted by atomic mass is 10.1. The van der Waals surface area contributed by atoms with Crippen molar-refractivity contribution in [2.24, 2.45) is 0 Å². The monoisotopic (exact) mass is 419 g/mol. The molecule has 2 amide bonds. The molecule has 2 heterocycles. The maximum Gasteiger partial charge on any atom is 0.258 e. The minimum atomic E-state index is -3.73. The Kier molecular flexibility index (Phi) is 4.96. The predicted molar refractivity (Wildman–Crippen MR) is 104 cm³/mol. The van der Waals surface area contributed by atoms with Crippen molar-refractivity contribution in [1.82, 2.24) is 14.5 Å². The zero-order valence-electron chi connectivity index (χ0n) is 14.9. The van der Waals surface area contributed by atoms with Gasteiger partial charge >= 0.3 is 0 Å². The van der Waals surface area contributed by atoms with Gasteiger partial charge in [0.1, 0.15) is 0 Å². The van der Waals surface area contributed by atoms with E-state index < -0.39 is 21.8 Å². The van der Waals surface area contributed by atoms with Crippen molar-refractivity contribution in [3.8, 4) is 0 Å². The summed E-state index contributed by atoms with van der Waals surface area (Å²) >= 11 is 6.02. The highest BCUT2D eigenvalue weighted by Gasteiger charge is 2.32. The summed E-state index contributed by atoms with van der Waals surface area (Å²) in [4.78, 5) is 25.7. The van der Waals surface area contributed by atoms with Crippen molar-refractivity contribution in [2.45, 2.75) is 11.4 Å². The van der Waals surface area contributed by atoms with Crippen LogP contribution < -0.4 is 5.32 Å². The fourth-order valence-electron chi connectivity index (χ4n) is 3.48. The second-order valence-electron chi connectivity index (χ2n) is 6.80. The first-order valence-electron chi connectivity index (χ1n) is 8.81. The molecule has 7 nitrogen and oxygen atoms in total. The third-order valence-electron chi connectivity index (χ3n) is 4.97. The second kappa shape index (κ2) is 7.29. The van der Waals surface area contributed by atoms with E-state index in [1.807, 2.05) is 24.3 Å².